The second-order valence-electron chi connectivity index (χ2n) is 3.43. The van der Waals surface area contributed by atoms with Crippen LogP contribution in [0.15, 0.2) is 24.5 Å². The maximum absolute atomic E-state index is 11.0. The summed E-state index contributed by atoms with van der Waals surface area (Å²) in [5, 5.41) is 13.2. The zero-order valence-corrected chi connectivity index (χ0v) is 9.41. The van der Waals surface area contributed by atoms with E-state index in [0.717, 1.165) is 0 Å². The first-order chi connectivity index (χ1) is 8.13. The predicted molar refractivity (Wildman–Crippen MR) is 60.0 cm³/mol. The SMILES string of the molecule is COc1c(C(=O)O)cccc1-c1ncn(C)n1. The van der Waals surface area contributed by atoms with E-state index in [4.69, 9.17) is 9.84 Å². The van der Waals surface area contributed by atoms with Gasteiger partial charge < -0.3 is 9.84 Å². The van der Waals surface area contributed by atoms with Crippen LogP contribution in [0.3, 0.4) is 0 Å². The minimum Gasteiger partial charge on any atom is -0.495 e. The summed E-state index contributed by atoms with van der Waals surface area (Å²) in [6.45, 7) is 0. The van der Waals surface area contributed by atoms with Crippen molar-refractivity contribution >= 4 is 5.97 Å². The fraction of sp³-hybridized carbons (Fsp3) is 0.182. The van der Waals surface area contributed by atoms with Crippen LogP contribution in [0.25, 0.3) is 11.4 Å². The highest BCUT2D eigenvalue weighted by atomic mass is 16.5. The van der Waals surface area contributed by atoms with Gasteiger partial charge >= 0.3 is 5.97 Å². The van der Waals surface area contributed by atoms with Crippen molar-refractivity contribution in [3.8, 4) is 17.1 Å². The summed E-state index contributed by atoms with van der Waals surface area (Å²) >= 11 is 0. The summed E-state index contributed by atoms with van der Waals surface area (Å²) in [6.07, 6.45) is 1.54. The molecule has 0 bridgehead atoms. The van der Waals surface area contributed by atoms with Gasteiger partial charge in [0, 0.05) is 7.05 Å². The van der Waals surface area contributed by atoms with Crippen LogP contribution in [0.2, 0.25) is 0 Å². The van der Waals surface area contributed by atoms with E-state index in [1.54, 1.807) is 30.2 Å². The molecule has 0 atom stereocenters. The summed E-state index contributed by atoms with van der Waals surface area (Å²) in [6, 6.07) is 4.84. The van der Waals surface area contributed by atoms with Gasteiger partial charge in [0.2, 0.25) is 0 Å². The summed E-state index contributed by atoms with van der Waals surface area (Å²) in [5.41, 5.74) is 0.658. The van der Waals surface area contributed by atoms with E-state index in [9.17, 15) is 4.79 Å². The molecule has 0 radical (unpaired) electrons. The lowest BCUT2D eigenvalue weighted by Crippen LogP contribution is -2.02. The smallest absolute Gasteiger partial charge is 0.339 e. The number of rotatable bonds is 3. The molecule has 2 aromatic rings. The largest absolute Gasteiger partial charge is 0.495 e. The Morgan fingerprint density at radius 2 is 2.24 bits per heavy atom. The van der Waals surface area contributed by atoms with Gasteiger partial charge in [-0.1, -0.05) is 6.07 Å². The number of aromatic carboxylic acids is 1. The number of carboxylic acid groups (broad SMARTS) is 1. The summed E-state index contributed by atoms with van der Waals surface area (Å²) in [5.74, 6) is -0.335. The van der Waals surface area contributed by atoms with Crippen LogP contribution in [0.1, 0.15) is 10.4 Å². The fourth-order valence-corrected chi connectivity index (χ4v) is 1.56. The van der Waals surface area contributed by atoms with Gasteiger partial charge in [-0.05, 0) is 12.1 Å². The number of nitrogens with zero attached hydrogens (tertiary/aromatic N) is 3. The van der Waals surface area contributed by atoms with Crippen molar-refractivity contribution in [2.24, 2.45) is 7.05 Å². The summed E-state index contributed by atoms with van der Waals surface area (Å²) in [7, 11) is 3.16. The Morgan fingerprint density at radius 1 is 1.47 bits per heavy atom. The minimum absolute atomic E-state index is 0.0949. The first-order valence-corrected chi connectivity index (χ1v) is 4.89. The Labute approximate surface area is 97.5 Å². The van der Waals surface area contributed by atoms with E-state index in [1.165, 1.54) is 13.2 Å². The van der Waals surface area contributed by atoms with Crippen molar-refractivity contribution in [3.63, 3.8) is 0 Å². The molecular formula is C11H11N3O3. The van der Waals surface area contributed by atoms with Gasteiger partial charge in [-0.2, -0.15) is 5.10 Å². The average Bonchev–Trinajstić information content (AvgIpc) is 2.74. The standard InChI is InChI=1S/C11H11N3O3/c1-14-6-12-10(13-14)7-4-3-5-8(11(15)16)9(7)17-2/h3-6H,1-2H3,(H,15,16). The molecule has 0 aliphatic heterocycles. The van der Waals surface area contributed by atoms with E-state index >= 15 is 0 Å². The molecule has 1 heterocycles. The molecular weight excluding hydrogens is 222 g/mol. The first kappa shape index (κ1) is 11.1. The van der Waals surface area contributed by atoms with Crippen LogP contribution in [0.4, 0.5) is 0 Å². The third-order valence-corrected chi connectivity index (χ3v) is 2.29. The monoisotopic (exact) mass is 233 g/mol. The van der Waals surface area contributed by atoms with Gasteiger partial charge in [0.05, 0.1) is 12.7 Å². The lowest BCUT2D eigenvalue weighted by molar-refractivity contribution is 0.0693. The number of carboxylic acids is 1. The highest BCUT2D eigenvalue weighted by Gasteiger charge is 2.17. The van der Waals surface area contributed by atoms with Crippen LogP contribution in [0, 0.1) is 0 Å². The number of aryl methyl sites for hydroxylation is 1. The first-order valence-electron chi connectivity index (χ1n) is 4.89. The van der Waals surface area contributed by atoms with Crippen molar-refractivity contribution < 1.29 is 14.6 Å². The predicted octanol–water partition coefficient (Wildman–Crippen LogP) is 1.19. The lowest BCUT2D eigenvalue weighted by Gasteiger charge is -2.08. The molecule has 0 fully saturated rings. The van der Waals surface area contributed by atoms with Gasteiger partial charge in [-0.3, -0.25) is 4.68 Å². The number of methoxy groups -OCH3 is 1. The third-order valence-electron chi connectivity index (χ3n) is 2.29. The molecule has 2 rings (SSSR count). The number of hydrogen-bond acceptors (Lipinski definition) is 4. The van der Waals surface area contributed by atoms with Gasteiger partial charge in [-0.25, -0.2) is 9.78 Å². The molecule has 17 heavy (non-hydrogen) atoms. The van der Waals surface area contributed by atoms with Crippen LogP contribution in [-0.2, 0) is 7.05 Å². The molecule has 0 amide bonds. The molecule has 0 saturated carbocycles. The topological polar surface area (TPSA) is 77.2 Å². The van der Waals surface area contributed by atoms with Crippen molar-refractivity contribution in [2.45, 2.75) is 0 Å². The number of aromatic nitrogens is 3. The van der Waals surface area contributed by atoms with Crippen LogP contribution < -0.4 is 4.74 Å². The normalized spacial score (nSPS) is 10.2. The Hall–Kier alpha value is -2.37. The number of para-hydroxylation sites is 1. The molecule has 6 nitrogen and oxygen atoms in total. The van der Waals surface area contributed by atoms with Crippen LogP contribution in [0.5, 0.6) is 5.75 Å². The average molecular weight is 233 g/mol. The highest BCUT2D eigenvalue weighted by molar-refractivity contribution is 5.93. The second-order valence-corrected chi connectivity index (χ2v) is 3.43. The molecule has 1 N–H and O–H groups in total. The molecule has 0 aliphatic rings. The maximum atomic E-state index is 11.0. The lowest BCUT2D eigenvalue weighted by atomic mass is 10.1. The van der Waals surface area contributed by atoms with E-state index in [1.807, 2.05) is 0 Å². The summed E-state index contributed by atoms with van der Waals surface area (Å²) in [4.78, 5) is 15.1. The number of carbonyl (C=O) groups is 1. The van der Waals surface area contributed by atoms with Crippen molar-refractivity contribution in [1.29, 1.82) is 0 Å². The van der Waals surface area contributed by atoms with E-state index in [0.29, 0.717) is 11.4 Å². The maximum Gasteiger partial charge on any atom is 0.339 e. The third kappa shape index (κ3) is 1.96. The molecule has 1 aromatic heterocycles. The van der Waals surface area contributed by atoms with Crippen molar-refractivity contribution in [3.05, 3.63) is 30.1 Å². The van der Waals surface area contributed by atoms with Gasteiger partial charge in [-0.15, -0.1) is 0 Å². The van der Waals surface area contributed by atoms with Crippen LogP contribution in [-0.4, -0.2) is 33.0 Å². The quantitative estimate of drug-likeness (QED) is 0.861. The molecule has 0 aliphatic carbocycles. The molecule has 1 aromatic carbocycles. The molecule has 6 heteroatoms. The van der Waals surface area contributed by atoms with Crippen molar-refractivity contribution in [2.75, 3.05) is 7.11 Å². The number of hydrogen-bond donors (Lipinski definition) is 1. The number of ether oxygens (including phenoxy) is 1. The molecule has 0 saturated heterocycles. The molecule has 88 valence electrons. The Bertz CT molecular complexity index is 563. The molecule has 0 spiro atoms. The van der Waals surface area contributed by atoms with E-state index in [2.05, 4.69) is 10.1 Å². The molecule has 0 unspecified atom stereocenters. The zero-order valence-electron chi connectivity index (χ0n) is 9.41. The highest BCUT2D eigenvalue weighted by Crippen LogP contribution is 2.30. The Balaban J connectivity index is 2.61. The Morgan fingerprint density at radius 3 is 2.76 bits per heavy atom. The zero-order chi connectivity index (χ0) is 12.4. The van der Waals surface area contributed by atoms with Gasteiger partial charge in [0.1, 0.15) is 17.6 Å². The fourth-order valence-electron chi connectivity index (χ4n) is 1.56. The van der Waals surface area contributed by atoms with E-state index < -0.39 is 5.97 Å². The van der Waals surface area contributed by atoms with Gasteiger partial charge in [0.25, 0.3) is 0 Å². The Kier molecular flexibility index (Phi) is 2.78. The summed E-state index contributed by atoms with van der Waals surface area (Å²) < 4.78 is 6.68. The van der Waals surface area contributed by atoms with E-state index in [-0.39, 0.29) is 11.3 Å². The van der Waals surface area contributed by atoms with Crippen LogP contribution >= 0.6 is 0 Å². The minimum atomic E-state index is -1.04. The second kappa shape index (κ2) is 4.25. The number of benzene rings is 1. The van der Waals surface area contributed by atoms with Crippen molar-refractivity contribution in [1.82, 2.24) is 14.8 Å². The van der Waals surface area contributed by atoms with Gasteiger partial charge in [0.15, 0.2) is 5.82 Å².